The number of pyridine rings is 1. The highest BCUT2D eigenvalue weighted by atomic mass is 16.5. The van der Waals surface area contributed by atoms with Gasteiger partial charge in [-0.15, -0.1) is 0 Å². The number of ether oxygens (including phenoxy) is 1. The van der Waals surface area contributed by atoms with E-state index in [2.05, 4.69) is 4.98 Å². The molecular formula is C23H22N2O3. The summed E-state index contributed by atoms with van der Waals surface area (Å²) in [5.41, 5.74) is 4.33. The fourth-order valence-corrected chi connectivity index (χ4v) is 3.70. The van der Waals surface area contributed by atoms with Gasteiger partial charge >= 0.3 is 5.97 Å². The Bertz CT molecular complexity index is 1030. The number of aromatic nitrogens is 1. The Balaban J connectivity index is 1.49. The third-order valence-electron chi connectivity index (χ3n) is 5.14. The zero-order chi connectivity index (χ0) is 19.5. The fraction of sp³-hybridized carbons (Fsp3) is 0.261. The van der Waals surface area contributed by atoms with Gasteiger partial charge in [0.25, 0.3) is 5.91 Å². The minimum Gasteiger partial charge on any atom is -0.452 e. The minimum atomic E-state index is -0.446. The van der Waals surface area contributed by atoms with E-state index in [9.17, 15) is 9.59 Å². The van der Waals surface area contributed by atoms with Crippen molar-refractivity contribution in [3.8, 4) is 0 Å². The molecule has 0 spiro atoms. The first-order chi connectivity index (χ1) is 13.6. The van der Waals surface area contributed by atoms with Crippen molar-refractivity contribution in [2.75, 3.05) is 13.7 Å². The SMILES string of the molecule is CN(Cc1ccccc1)C(=O)COC(=O)c1c2c(nc3ccccc13)CCC2. The van der Waals surface area contributed by atoms with Crippen LogP contribution in [-0.4, -0.2) is 35.4 Å². The van der Waals surface area contributed by atoms with Crippen LogP contribution in [0.5, 0.6) is 0 Å². The second-order valence-electron chi connectivity index (χ2n) is 7.09. The lowest BCUT2D eigenvalue weighted by atomic mass is 10.0. The summed E-state index contributed by atoms with van der Waals surface area (Å²) in [6.07, 6.45) is 2.68. The summed E-state index contributed by atoms with van der Waals surface area (Å²) in [6, 6.07) is 17.3. The van der Waals surface area contributed by atoms with Gasteiger partial charge in [-0.2, -0.15) is 0 Å². The minimum absolute atomic E-state index is 0.229. The topological polar surface area (TPSA) is 59.5 Å². The summed E-state index contributed by atoms with van der Waals surface area (Å²) in [5.74, 6) is -0.676. The van der Waals surface area contributed by atoms with E-state index in [1.54, 1.807) is 11.9 Å². The second-order valence-corrected chi connectivity index (χ2v) is 7.09. The quantitative estimate of drug-likeness (QED) is 0.641. The molecule has 0 aliphatic heterocycles. The van der Waals surface area contributed by atoms with E-state index >= 15 is 0 Å². The third kappa shape index (κ3) is 3.60. The first kappa shape index (κ1) is 18.2. The molecule has 4 rings (SSSR count). The van der Waals surface area contributed by atoms with Crippen LogP contribution < -0.4 is 0 Å². The number of esters is 1. The van der Waals surface area contributed by atoms with Gasteiger partial charge in [0, 0.05) is 24.7 Å². The Morgan fingerprint density at radius 2 is 1.79 bits per heavy atom. The molecule has 0 atom stereocenters. The molecule has 0 bridgehead atoms. The summed E-state index contributed by atoms with van der Waals surface area (Å²) >= 11 is 0. The Morgan fingerprint density at radius 1 is 1.04 bits per heavy atom. The number of aryl methyl sites for hydroxylation is 1. The average Bonchev–Trinajstić information content (AvgIpc) is 3.18. The molecule has 28 heavy (non-hydrogen) atoms. The summed E-state index contributed by atoms with van der Waals surface area (Å²) in [5, 5.41) is 0.790. The number of amides is 1. The number of carbonyl (C=O) groups excluding carboxylic acids is 2. The molecule has 0 unspecified atom stereocenters. The van der Waals surface area contributed by atoms with Crippen molar-refractivity contribution in [1.82, 2.24) is 9.88 Å². The van der Waals surface area contributed by atoms with Crippen LogP contribution in [0.4, 0.5) is 0 Å². The van der Waals surface area contributed by atoms with Gasteiger partial charge in [-0.05, 0) is 36.5 Å². The van der Waals surface area contributed by atoms with E-state index in [1.807, 2.05) is 54.6 Å². The molecule has 1 aliphatic carbocycles. The lowest BCUT2D eigenvalue weighted by Gasteiger charge is -2.18. The van der Waals surface area contributed by atoms with Gasteiger partial charge in [0.05, 0.1) is 11.1 Å². The van der Waals surface area contributed by atoms with Crippen LogP contribution in [0.1, 0.15) is 33.6 Å². The molecular weight excluding hydrogens is 352 g/mol. The highest BCUT2D eigenvalue weighted by molar-refractivity contribution is 6.05. The smallest absolute Gasteiger partial charge is 0.339 e. The number of carbonyl (C=O) groups is 2. The zero-order valence-corrected chi connectivity index (χ0v) is 15.9. The molecule has 0 saturated heterocycles. The molecule has 3 aromatic rings. The lowest BCUT2D eigenvalue weighted by Crippen LogP contribution is -2.31. The van der Waals surface area contributed by atoms with Gasteiger partial charge in [-0.3, -0.25) is 9.78 Å². The number of likely N-dealkylation sites (N-methyl/N-ethyl adjacent to an activating group) is 1. The normalized spacial score (nSPS) is 12.6. The highest BCUT2D eigenvalue weighted by Gasteiger charge is 2.25. The van der Waals surface area contributed by atoms with Crippen LogP contribution in [0.3, 0.4) is 0 Å². The maximum Gasteiger partial charge on any atom is 0.339 e. The van der Waals surface area contributed by atoms with Crippen molar-refractivity contribution >= 4 is 22.8 Å². The molecule has 1 amide bonds. The molecule has 1 aliphatic rings. The number of hydrogen-bond acceptors (Lipinski definition) is 4. The van der Waals surface area contributed by atoms with Crippen molar-refractivity contribution in [3.63, 3.8) is 0 Å². The maximum atomic E-state index is 12.9. The number of nitrogens with zero attached hydrogens (tertiary/aromatic N) is 2. The Kier molecular flexibility index (Phi) is 5.06. The largest absolute Gasteiger partial charge is 0.452 e. The van der Waals surface area contributed by atoms with Crippen molar-refractivity contribution in [1.29, 1.82) is 0 Å². The zero-order valence-electron chi connectivity index (χ0n) is 15.9. The molecule has 0 fully saturated rings. The monoisotopic (exact) mass is 374 g/mol. The predicted octanol–water partition coefficient (Wildman–Crippen LogP) is 3.54. The summed E-state index contributed by atoms with van der Waals surface area (Å²) in [4.78, 5) is 31.6. The first-order valence-corrected chi connectivity index (χ1v) is 9.49. The molecule has 5 heteroatoms. The molecule has 1 heterocycles. The van der Waals surface area contributed by atoms with Gasteiger partial charge in [-0.25, -0.2) is 4.79 Å². The Labute approximate surface area is 163 Å². The molecule has 2 aromatic carbocycles. The maximum absolute atomic E-state index is 12.9. The molecule has 0 saturated carbocycles. The number of benzene rings is 2. The van der Waals surface area contributed by atoms with E-state index in [4.69, 9.17) is 4.74 Å². The van der Waals surface area contributed by atoms with Crippen molar-refractivity contribution in [2.24, 2.45) is 0 Å². The van der Waals surface area contributed by atoms with Crippen LogP contribution in [0.25, 0.3) is 10.9 Å². The number of para-hydroxylation sites is 1. The van der Waals surface area contributed by atoms with Crippen LogP contribution in [0.2, 0.25) is 0 Å². The highest BCUT2D eigenvalue weighted by Crippen LogP contribution is 2.30. The third-order valence-corrected chi connectivity index (χ3v) is 5.14. The standard InChI is InChI=1S/C23H22N2O3/c1-25(14-16-8-3-2-4-9-16)21(26)15-28-23(27)22-17-10-5-6-12-19(17)24-20-13-7-11-18(20)22/h2-6,8-10,12H,7,11,13-15H2,1H3. The Morgan fingerprint density at radius 3 is 2.61 bits per heavy atom. The van der Waals surface area contributed by atoms with Crippen molar-refractivity contribution < 1.29 is 14.3 Å². The van der Waals surface area contributed by atoms with E-state index in [-0.39, 0.29) is 12.5 Å². The number of fused-ring (bicyclic) bond motifs is 2. The van der Waals surface area contributed by atoms with E-state index in [1.165, 1.54) is 0 Å². The van der Waals surface area contributed by atoms with Gasteiger partial charge in [0.1, 0.15) is 0 Å². The predicted molar refractivity (Wildman–Crippen MR) is 107 cm³/mol. The number of hydrogen-bond donors (Lipinski definition) is 0. The van der Waals surface area contributed by atoms with Gasteiger partial charge in [-0.1, -0.05) is 48.5 Å². The second kappa shape index (κ2) is 7.80. The summed E-state index contributed by atoms with van der Waals surface area (Å²) < 4.78 is 5.42. The molecule has 1 aromatic heterocycles. The van der Waals surface area contributed by atoms with E-state index in [0.29, 0.717) is 12.1 Å². The average molecular weight is 374 g/mol. The summed E-state index contributed by atoms with van der Waals surface area (Å²) in [6.45, 7) is 0.207. The molecule has 0 N–H and O–H groups in total. The first-order valence-electron chi connectivity index (χ1n) is 9.49. The van der Waals surface area contributed by atoms with Crippen LogP contribution in [0, 0.1) is 0 Å². The molecule has 5 nitrogen and oxygen atoms in total. The molecule has 142 valence electrons. The fourth-order valence-electron chi connectivity index (χ4n) is 3.70. The van der Waals surface area contributed by atoms with Crippen LogP contribution in [0.15, 0.2) is 54.6 Å². The van der Waals surface area contributed by atoms with Crippen LogP contribution >= 0.6 is 0 Å². The summed E-state index contributed by atoms with van der Waals surface area (Å²) in [7, 11) is 1.71. The van der Waals surface area contributed by atoms with Gasteiger partial charge in [0.15, 0.2) is 6.61 Å². The van der Waals surface area contributed by atoms with E-state index < -0.39 is 5.97 Å². The van der Waals surface area contributed by atoms with Gasteiger partial charge < -0.3 is 9.64 Å². The van der Waals surface area contributed by atoms with E-state index in [0.717, 1.165) is 47.0 Å². The van der Waals surface area contributed by atoms with Crippen molar-refractivity contribution in [3.05, 3.63) is 77.0 Å². The Hall–Kier alpha value is -3.21. The van der Waals surface area contributed by atoms with Crippen molar-refractivity contribution in [2.45, 2.75) is 25.8 Å². The van der Waals surface area contributed by atoms with Crippen LogP contribution in [-0.2, 0) is 28.9 Å². The molecule has 0 radical (unpaired) electrons. The lowest BCUT2D eigenvalue weighted by molar-refractivity contribution is -0.133. The van der Waals surface area contributed by atoms with Gasteiger partial charge in [0.2, 0.25) is 0 Å². The number of rotatable bonds is 5.